The molecule has 0 saturated heterocycles. The predicted octanol–water partition coefficient (Wildman–Crippen LogP) is -0.844. The summed E-state index contributed by atoms with van der Waals surface area (Å²) in [6, 6.07) is -0.101. The molecule has 1 atom stereocenters. The van der Waals surface area contributed by atoms with Crippen molar-refractivity contribution in [1.29, 1.82) is 0 Å². The van der Waals surface area contributed by atoms with Crippen molar-refractivity contribution in [1.82, 2.24) is 9.97 Å². The van der Waals surface area contributed by atoms with E-state index in [1.165, 1.54) is 12.4 Å². The Kier molecular flexibility index (Phi) is 4.09. The van der Waals surface area contributed by atoms with E-state index in [0.717, 1.165) is 0 Å². The van der Waals surface area contributed by atoms with Gasteiger partial charge in [-0.15, -0.1) is 0 Å². The number of nitrogens with two attached hydrogens (primary N) is 1. The first kappa shape index (κ1) is 10.7. The molecule has 0 fully saturated rings. The van der Waals surface area contributed by atoms with Crippen molar-refractivity contribution in [2.75, 3.05) is 25.6 Å². The Balaban J connectivity index is 2.67. The fourth-order valence-electron chi connectivity index (χ4n) is 1.02. The van der Waals surface area contributed by atoms with Crippen molar-refractivity contribution in [2.45, 2.75) is 6.04 Å². The zero-order chi connectivity index (χ0) is 10.4. The molecule has 0 aromatic carbocycles. The summed E-state index contributed by atoms with van der Waals surface area (Å²) in [5.74, 6) is 0.264. The van der Waals surface area contributed by atoms with Gasteiger partial charge >= 0.3 is 0 Å². The smallest absolute Gasteiger partial charge is 0.290 e. The average Bonchev–Trinajstić information content (AvgIpc) is 2.20. The molecule has 1 aromatic rings. The number of aromatic amines is 1. The second-order valence-corrected chi connectivity index (χ2v) is 2.80. The maximum absolute atomic E-state index is 11.2. The number of hydrogen-bond acceptors (Lipinski definition) is 5. The lowest BCUT2D eigenvalue weighted by atomic mass is 10.3. The minimum absolute atomic E-state index is 0.101. The topological polar surface area (TPSA) is 93.0 Å². The Morgan fingerprint density at radius 2 is 2.57 bits per heavy atom. The van der Waals surface area contributed by atoms with E-state index in [2.05, 4.69) is 15.3 Å². The molecule has 6 nitrogen and oxygen atoms in total. The molecule has 1 unspecified atom stereocenters. The van der Waals surface area contributed by atoms with E-state index in [4.69, 9.17) is 10.5 Å². The molecule has 14 heavy (non-hydrogen) atoms. The van der Waals surface area contributed by atoms with E-state index in [-0.39, 0.29) is 17.4 Å². The number of aromatic nitrogens is 2. The van der Waals surface area contributed by atoms with Gasteiger partial charge in [-0.05, 0) is 0 Å². The zero-order valence-corrected chi connectivity index (χ0v) is 7.99. The van der Waals surface area contributed by atoms with E-state index in [9.17, 15) is 4.79 Å². The second-order valence-electron chi connectivity index (χ2n) is 2.80. The first-order chi connectivity index (χ1) is 6.77. The van der Waals surface area contributed by atoms with Crippen molar-refractivity contribution in [3.05, 3.63) is 22.7 Å². The van der Waals surface area contributed by atoms with Crippen LogP contribution in [0.2, 0.25) is 0 Å². The van der Waals surface area contributed by atoms with Gasteiger partial charge in [-0.3, -0.25) is 4.79 Å². The van der Waals surface area contributed by atoms with E-state index in [1.54, 1.807) is 7.11 Å². The van der Waals surface area contributed by atoms with Crippen LogP contribution in [0.3, 0.4) is 0 Å². The maximum Gasteiger partial charge on any atom is 0.290 e. The van der Waals surface area contributed by atoms with Gasteiger partial charge in [0.05, 0.1) is 12.6 Å². The fourth-order valence-corrected chi connectivity index (χ4v) is 1.02. The Morgan fingerprint density at radius 1 is 1.79 bits per heavy atom. The van der Waals surface area contributed by atoms with E-state index < -0.39 is 0 Å². The number of nitrogens with zero attached hydrogens (tertiary/aromatic N) is 1. The van der Waals surface area contributed by atoms with Gasteiger partial charge in [0.1, 0.15) is 0 Å². The minimum atomic E-state index is -0.262. The number of H-pyrrole nitrogens is 1. The Labute approximate surface area is 81.5 Å². The number of rotatable bonds is 5. The molecule has 1 aromatic heterocycles. The van der Waals surface area contributed by atoms with Crippen LogP contribution in [0, 0.1) is 0 Å². The standard InChI is InChI=1S/C8H14N4O2/c1-14-5-6(4-9)12-7-8(13)11-3-2-10-7/h2-3,6H,4-5,9H2,1H3,(H,10,12)(H,11,13). The van der Waals surface area contributed by atoms with Gasteiger partial charge in [-0.1, -0.05) is 0 Å². The largest absolute Gasteiger partial charge is 0.383 e. The third kappa shape index (κ3) is 2.82. The molecule has 0 aliphatic heterocycles. The van der Waals surface area contributed by atoms with Gasteiger partial charge in [0, 0.05) is 26.0 Å². The van der Waals surface area contributed by atoms with Crippen LogP contribution in [0.15, 0.2) is 17.2 Å². The summed E-state index contributed by atoms with van der Waals surface area (Å²) >= 11 is 0. The summed E-state index contributed by atoms with van der Waals surface area (Å²) in [5, 5.41) is 2.89. The van der Waals surface area contributed by atoms with Crippen molar-refractivity contribution >= 4 is 5.82 Å². The molecule has 4 N–H and O–H groups in total. The summed E-state index contributed by atoms with van der Waals surface area (Å²) in [5.41, 5.74) is 5.21. The summed E-state index contributed by atoms with van der Waals surface area (Å²) in [6.45, 7) is 0.816. The minimum Gasteiger partial charge on any atom is -0.383 e. The SMILES string of the molecule is COCC(CN)Nc1ncc[nH]c1=O. The third-order valence-electron chi connectivity index (χ3n) is 1.70. The van der Waals surface area contributed by atoms with E-state index >= 15 is 0 Å². The molecule has 0 aliphatic carbocycles. The second kappa shape index (κ2) is 5.36. The average molecular weight is 198 g/mol. The molecular formula is C8H14N4O2. The molecule has 0 saturated carbocycles. The number of nitrogens with one attached hydrogen (secondary N) is 2. The molecule has 1 rings (SSSR count). The quantitative estimate of drug-likeness (QED) is 0.573. The molecule has 0 aliphatic rings. The van der Waals surface area contributed by atoms with Crippen molar-refractivity contribution in [2.24, 2.45) is 5.73 Å². The highest BCUT2D eigenvalue weighted by atomic mass is 16.5. The first-order valence-corrected chi connectivity index (χ1v) is 4.27. The number of ether oxygens (including phenoxy) is 1. The van der Waals surface area contributed by atoms with Crippen LogP contribution in [0.4, 0.5) is 5.82 Å². The molecule has 0 bridgehead atoms. The molecular weight excluding hydrogens is 184 g/mol. The maximum atomic E-state index is 11.2. The lowest BCUT2D eigenvalue weighted by molar-refractivity contribution is 0.187. The monoisotopic (exact) mass is 198 g/mol. The molecule has 6 heteroatoms. The normalized spacial score (nSPS) is 12.4. The van der Waals surface area contributed by atoms with Gasteiger partial charge in [0.2, 0.25) is 0 Å². The zero-order valence-electron chi connectivity index (χ0n) is 7.99. The number of anilines is 1. The van der Waals surface area contributed by atoms with Crippen LogP contribution in [0.1, 0.15) is 0 Å². The summed E-state index contributed by atoms with van der Waals surface area (Å²) in [4.78, 5) is 17.6. The van der Waals surface area contributed by atoms with Crippen LogP contribution >= 0.6 is 0 Å². The van der Waals surface area contributed by atoms with Crippen LogP contribution in [0.25, 0.3) is 0 Å². The number of hydrogen-bond donors (Lipinski definition) is 3. The van der Waals surface area contributed by atoms with Crippen LogP contribution < -0.4 is 16.6 Å². The van der Waals surface area contributed by atoms with E-state index in [1.807, 2.05) is 0 Å². The van der Waals surface area contributed by atoms with Crippen LogP contribution in [0.5, 0.6) is 0 Å². The van der Waals surface area contributed by atoms with Crippen molar-refractivity contribution < 1.29 is 4.74 Å². The number of methoxy groups -OCH3 is 1. The first-order valence-electron chi connectivity index (χ1n) is 4.27. The van der Waals surface area contributed by atoms with E-state index in [0.29, 0.717) is 13.2 Å². The Morgan fingerprint density at radius 3 is 3.14 bits per heavy atom. The highest BCUT2D eigenvalue weighted by Gasteiger charge is 2.08. The molecule has 0 amide bonds. The molecule has 78 valence electrons. The highest BCUT2D eigenvalue weighted by Crippen LogP contribution is 1.94. The van der Waals surface area contributed by atoms with Gasteiger partial charge in [0.25, 0.3) is 5.56 Å². The predicted molar refractivity (Wildman–Crippen MR) is 53.2 cm³/mol. The van der Waals surface area contributed by atoms with Crippen molar-refractivity contribution in [3.8, 4) is 0 Å². The molecule has 1 heterocycles. The van der Waals surface area contributed by atoms with Gasteiger partial charge in [-0.2, -0.15) is 0 Å². The highest BCUT2D eigenvalue weighted by molar-refractivity contribution is 5.31. The van der Waals surface area contributed by atoms with Crippen molar-refractivity contribution in [3.63, 3.8) is 0 Å². The lowest BCUT2D eigenvalue weighted by Gasteiger charge is -2.15. The lowest BCUT2D eigenvalue weighted by Crippen LogP contribution is -2.35. The summed E-state index contributed by atoms with van der Waals surface area (Å²) in [6.07, 6.45) is 2.98. The third-order valence-corrected chi connectivity index (χ3v) is 1.70. The van der Waals surface area contributed by atoms with Gasteiger partial charge in [-0.25, -0.2) is 4.98 Å². The molecule has 0 spiro atoms. The fraction of sp³-hybridized carbons (Fsp3) is 0.500. The summed E-state index contributed by atoms with van der Waals surface area (Å²) in [7, 11) is 1.58. The summed E-state index contributed by atoms with van der Waals surface area (Å²) < 4.78 is 4.92. The van der Waals surface area contributed by atoms with Crippen LogP contribution in [-0.2, 0) is 4.74 Å². The Hall–Kier alpha value is -1.40. The van der Waals surface area contributed by atoms with Gasteiger partial charge in [0.15, 0.2) is 5.82 Å². The molecule has 0 radical (unpaired) electrons. The van der Waals surface area contributed by atoms with Gasteiger partial charge < -0.3 is 20.8 Å². The Bertz CT molecular complexity index is 325. The van der Waals surface area contributed by atoms with Crippen LogP contribution in [-0.4, -0.2) is 36.3 Å².